The number of hydrogen-bond donors (Lipinski definition) is 0. The standard InChI is InChI=1S/C25H28P.HI/c1-22(2)14-12-13-21-26(23-15-6-3-7-16-23,24-17-8-4-9-18-24)25-19-10-5-11-20-25;/h3-12,14-20,22H,13,21H2,1-2H3;1H/q+1;/p-1. The number of allylic oxidation sites excluding steroid dienone is 2. The van der Waals surface area contributed by atoms with Crippen LogP contribution >= 0.6 is 7.26 Å². The van der Waals surface area contributed by atoms with Crippen LogP contribution in [0.15, 0.2) is 103 Å². The van der Waals surface area contributed by atoms with E-state index in [4.69, 9.17) is 0 Å². The minimum absolute atomic E-state index is 0. The molecule has 0 unspecified atom stereocenters. The van der Waals surface area contributed by atoms with E-state index in [0.29, 0.717) is 5.92 Å². The molecule has 3 rings (SSSR count). The highest BCUT2D eigenvalue weighted by Gasteiger charge is 2.44. The van der Waals surface area contributed by atoms with Gasteiger partial charge in [-0.3, -0.25) is 0 Å². The first kappa shape index (κ1) is 21.9. The van der Waals surface area contributed by atoms with Crippen molar-refractivity contribution in [1.29, 1.82) is 0 Å². The molecule has 3 aromatic carbocycles. The first-order valence-electron chi connectivity index (χ1n) is 9.45. The van der Waals surface area contributed by atoms with Gasteiger partial charge in [-0.05, 0) is 42.3 Å². The summed E-state index contributed by atoms with van der Waals surface area (Å²) in [5, 5.41) is 4.40. The van der Waals surface area contributed by atoms with E-state index in [0.717, 1.165) is 12.6 Å². The zero-order valence-electron chi connectivity index (χ0n) is 16.1. The Kier molecular flexibility index (Phi) is 8.73. The number of hydrogen-bond acceptors (Lipinski definition) is 0. The summed E-state index contributed by atoms with van der Waals surface area (Å²) in [6.07, 6.45) is 6.96. The predicted octanol–water partition coefficient (Wildman–Crippen LogP) is 2.59. The van der Waals surface area contributed by atoms with Crippen molar-refractivity contribution in [2.24, 2.45) is 5.92 Å². The van der Waals surface area contributed by atoms with Gasteiger partial charge in [-0.1, -0.05) is 80.6 Å². The molecule has 0 N–H and O–H groups in total. The third-order valence-electron chi connectivity index (χ3n) is 4.74. The Hall–Kier alpha value is -1.44. The first-order valence-corrected chi connectivity index (χ1v) is 11.4. The van der Waals surface area contributed by atoms with E-state index in [1.807, 2.05) is 0 Å². The molecule has 0 spiro atoms. The Labute approximate surface area is 182 Å². The average molecular weight is 486 g/mol. The molecule has 0 aliphatic carbocycles. The maximum atomic E-state index is 2.37. The minimum Gasteiger partial charge on any atom is -1.00 e. The lowest BCUT2D eigenvalue weighted by Crippen LogP contribution is -3.00. The Bertz CT molecular complexity index is 714. The van der Waals surface area contributed by atoms with Crippen LogP contribution in [-0.4, -0.2) is 6.16 Å². The zero-order chi connectivity index (χ0) is 18.2. The molecule has 0 fully saturated rings. The maximum absolute atomic E-state index is 2.37. The molecule has 0 saturated carbocycles. The minimum atomic E-state index is -1.66. The SMILES string of the molecule is CC(C)C=CCC[P+](c1ccccc1)(c1ccccc1)c1ccccc1.[I-]. The van der Waals surface area contributed by atoms with Crippen LogP contribution in [0.3, 0.4) is 0 Å². The molecule has 0 aliphatic rings. The second kappa shape index (κ2) is 10.8. The van der Waals surface area contributed by atoms with Gasteiger partial charge in [0, 0.05) is 6.42 Å². The van der Waals surface area contributed by atoms with Gasteiger partial charge in [0.15, 0.2) is 0 Å². The summed E-state index contributed by atoms with van der Waals surface area (Å²) < 4.78 is 0. The second-order valence-corrected chi connectivity index (χ2v) is 10.6. The maximum Gasteiger partial charge on any atom is 0.112 e. The van der Waals surface area contributed by atoms with Gasteiger partial charge < -0.3 is 24.0 Å². The molecule has 0 atom stereocenters. The van der Waals surface area contributed by atoms with Crippen LogP contribution < -0.4 is 39.9 Å². The summed E-state index contributed by atoms with van der Waals surface area (Å²) in [6, 6.07) is 33.4. The molecule has 0 aliphatic heterocycles. The predicted molar refractivity (Wildman–Crippen MR) is 119 cm³/mol. The van der Waals surface area contributed by atoms with Gasteiger partial charge in [-0.2, -0.15) is 0 Å². The topological polar surface area (TPSA) is 0 Å². The van der Waals surface area contributed by atoms with Crippen molar-refractivity contribution in [3.8, 4) is 0 Å². The molecule has 0 bridgehead atoms. The summed E-state index contributed by atoms with van der Waals surface area (Å²) in [5.41, 5.74) is 0. The molecule has 0 nitrogen and oxygen atoms in total. The fourth-order valence-corrected chi connectivity index (χ4v) is 7.77. The van der Waals surface area contributed by atoms with Crippen molar-refractivity contribution in [2.45, 2.75) is 20.3 Å². The molecule has 3 aromatic rings. The van der Waals surface area contributed by atoms with Crippen molar-refractivity contribution < 1.29 is 24.0 Å². The van der Waals surface area contributed by atoms with Gasteiger partial charge in [0.1, 0.15) is 23.2 Å². The summed E-state index contributed by atoms with van der Waals surface area (Å²) in [4.78, 5) is 0. The fraction of sp³-hybridized carbons (Fsp3) is 0.200. The number of rotatable bonds is 7. The summed E-state index contributed by atoms with van der Waals surface area (Å²) in [5.74, 6) is 0.605. The van der Waals surface area contributed by atoms with E-state index in [-0.39, 0.29) is 24.0 Å². The van der Waals surface area contributed by atoms with Crippen molar-refractivity contribution in [3.05, 3.63) is 103 Å². The molecule has 27 heavy (non-hydrogen) atoms. The van der Waals surface area contributed by atoms with Gasteiger partial charge in [0.2, 0.25) is 0 Å². The third kappa shape index (κ3) is 5.30. The molecule has 0 radical (unpaired) electrons. The zero-order valence-corrected chi connectivity index (χ0v) is 19.2. The van der Waals surface area contributed by atoms with Crippen molar-refractivity contribution >= 4 is 23.2 Å². The van der Waals surface area contributed by atoms with Gasteiger partial charge >= 0.3 is 0 Å². The van der Waals surface area contributed by atoms with E-state index in [1.165, 1.54) is 15.9 Å². The van der Waals surface area contributed by atoms with Crippen molar-refractivity contribution in [2.75, 3.05) is 6.16 Å². The Morgan fingerprint density at radius 1 is 0.667 bits per heavy atom. The summed E-state index contributed by atoms with van der Waals surface area (Å²) >= 11 is 0. The smallest absolute Gasteiger partial charge is 0.112 e. The average Bonchev–Trinajstić information content (AvgIpc) is 2.70. The molecule has 2 heteroatoms. The number of benzene rings is 3. The Morgan fingerprint density at radius 3 is 1.37 bits per heavy atom. The largest absolute Gasteiger partial charge is 1.00 e. The van der Waals surface area contributed by atoms with Gasteiger partial charge in [0.25, 0.3) is 0 Å². The Morgan fingerprint density at radius 2 is 1.04 bits per heavy atom. The highest BCUT2D eigenvalue weighted by Crippen LogP contribution is 2.55. The van der Waals surface area contributed by atoms with Crippen LogP contribution in [0, 0.1) is 5.92 Å². The van der Waals surface area contributed by atoms with Crippen LogP contribution in [0.2, 0.25) is 0 Å². The molecular formula is C25H28IP. The fourth-order valence-electron chi connectivity index (χ4n) is 3.52. The van der Waals surface area contributed by atoms with Gasteiger partial charge in [-0.25, -0.2) is 0 Å². The monoisotopic (exact) mass is 486 g/mol. The van der Waals surface area contributed by atoms with Crippen LogP contribution in [0.25, 0.3) is 0 Å². The Balaban J connectivity index is 0.00000261. The van der Waals surface area contributed by atoms with Gasteiger partial charge in [0.05, 0.1) is 6.16 Å². The van der Waals surface area contributed by atoms with Crippen molar-refractivity contribution in [1.82, 2.24) is 0 Å². The molecule has 140 valence electrons. The van der Waals surface area contributed by atoms with Crippen LogP contribution in [0.4, 0.5) is 0 Å². The molecule has 0 aromatic heterocycles. The van der Waals surface area contributed by atoms with Crippen LogP contribution in [0.1, 0.15) is 20.3 Å². The highest BCUT2D eigenvalue weighted by atomic mass is 127. The summed E-state index contributed by atoms with van der Waals surface area (Å²) in [7, 11) is -1.66. The van der Waals surface area contributed by atoms with E-state index in [9.17, 15) is 0 Å². The second-order valence-electron chi connectivity index (χ2n) is 7.00. The lowest BCUT2D eigenvalue weighted by Gasteiger charge is -2.27. The molecular weight excluding hydrogens is 458 g/mol. The van der Waals surface area contributed by atoms with E-state index in [1.54, 1.807) is 0 Å². The quantitative estimate of drug-likeness (QED) is 0.274. The van der Waals surface area contributed by atoms with E-state index >= 15 is 0 Å². The highest BCUT2D eigenvalue weighted by molar-refractivity contribution is 7.95. The first-order chi connectivity index (χ1) is 12.7. The van der Waals surface area contributed by atoms with Crippen molar-refractivity contribution in [3.63, 3.8) is 0 Å². The number of halogens is 1. The van der Waals surface area contributed by atoms with E-state index in [2.05, 4.69) is 117 Å². The molecule has 0 saturated heterocycles. The summed E-state index contributed by atoms with van der Waals surface area (Å²) in [6.45, 7) is 4.48. The van der Waals surface area contributed by atoms with Crippen LogP contribution in [0.5, 0.6) is 0 Å². The van der Waals surface area contributed by atoms with E-state index < -0.39 is 7.26 Å². The van der Waals surface area contributed by atoms with Crippen LogP contribution in [-0.2, 0) is 0 Å². The molecule has 0 amide bonds. The van der Waals surface area contributed by atoms with Gasteiger partial charge in [-0.15, -0.1) is 0 Å². The normalized spacial score (nSPS) is 11.5. The lowest BCUT2D eigenvalue weighted by molar-refractivity contribution is -0.00000525. The third-order valence-corrected chi connectivity index (χ3v) is 9.21. The molecule has 0 heterocycles. The lowest BCUT2D eigenvalue weighted by atomic mass is 10.2.